The lowest BCUT2D eigenvalue weighted by atomic mass is 10.0. The van der Waals surface area contributed by atoms with E-state index in [1.165, 1.54) is 7.11 Å². The van der Waals surface area contributed by atoms with Gasteiger partial charge in [0.15, 0.2) is 0 Å². The second-order valence-corrected chi connectivity index (χ2v) is 8.27. The van der Waals surface area contributed by atoms with Gasteiger partial charge in [0.25, 0.3) is 0 Å². The smallest absolute Gasteiger partial charge is 0.416 e. The van der Waals surface area contributed by atoms with E-state index in [2.05, 4.69) is 4.74 Å². The summed E-state index contributed by atoms with van der Waals surface area (Å²) in [7, 11) is -1.58. The molecule has 0 spiro atoms. The maximum atomic E-state index is 13.2. The molecule has 0 aliphatic carbocycles. The number of carbonyl (C=O) groups excluding carboxylic acids is 1. The fraction of sp³-hybridized carbons (Fsp3) is 0.316. The number of para-hydroxylation sites is 1. The molecule has 0 aromatic heterocycles. The highest BCUT2D eigenvalue weighted by Crippen LogP contribution is 2.45. The van der Waals surface area contributed by atoms with Crippen molar-refractivity contribution in [1.29, 1.82) is 0 Å². The van der Waals surface area contributed by atoms with Gasteiger partial charge >= 0.3 is 12.1 Å². The normalized spacial score (nSPS) is 18.3. The summed E-state index contributed by atoms with van der Waals surface area (Å²) in [5, 5.41) is 0. The van der Waals surface area contributed by atoms with Gasteiger partial charge in [-0.15, -0.1) is 0 Å². The van der Waals surface area contributed by atoms with Crippen LogP contribution in [0.4, 0.5) is 13.2 Å². The van der Waals surface area contributed by atoms with Crippen molar-refractivity contribution in [3.8, 4) is 5.75 Å². The third-order valence-electron chi connectivity index (χ3n) is 4.74. The van der Waals surface area contributed by atoms with Crippen molar-refractivity contribution in [2.24, 2.45) is 0 Å². The van der Waals surface area contributed by atoms with Gasteiger partial charge in [-0.2, -0.15) is 17.5 Å². The maximum absolute atomic E-state index is 13.2. The Balaban J connectivity index is 2.12. The van der Waals surface area contributed by atoms with Crippen LogP contribution in [0.3, 0.4) is 0 Å². The Morgan fingerprint density at radius 1 is 1.14 bits per heavy atom. The van der Waals surface area contributed by atoms with Crippen LogP contribution >= 0.6 is 0 Å². The van der Waals surface area contributed by atoms with E-state index >= 15 is 0 Å². The minimum absolute atomic E-state index is 0.0832. The molecule has 1 aliphatic heterocycles. The van der Waals surface area contributed by atoms with Crippen molar-refractivity contribution < 1.29 is 35.9 Å². The van der Waals surface area contributed by atoms with Crippen molar-refractivity contribution in [3.63, 3.8) is 0 Å². The second-order valence-electron chi connectivity index (χ2n) is 6.41. The highest BCUT2D eigenvalue weighted by molar-refractivity contribution is 7.89. The SMILES string of the molecule is COC(=O)C[C@H]1c2cc(C(F)(F)F)ccc2S(=O)(=O)N1Cc1ccccc1OC. The van der Waals surface area contributed by atoms with Crippen LogP contribution in [-0.4, -0.2) is 32.9 Å². The summed E-state index contributed by atoms with van der Waals surface area (Å²) in [6, 6.07) is 7.98. The number of methoxy groups -OCH3 is 2. The highest BCUT2D eigenvalue weighted by atomic mass is 32.2. The number of fused-ring (bicyclic) bond motifs is 1. The molecule has 0 N–H and O–H groups in total. The van der Waals surface area contributed by atoms with Gasteiger partial charge < -0.3 is 9.47 Å². The fourth-order valence-electron chi connectivity index (χ4n) is 3.32. The Morgan fingerprint density at radius 3 is 2.45 bits per heavy atom. The number of carbonyl (C=O) groups is 1. The molecule has 0 amide bonds. The zero-order valence-corrected chi connectivity index (χ0v) is 16.4. The Kier molecular flexibility index (Phi) is 5.59. The molecule has 156 valence electrons. The number of benzene rings is 2. The number of alkyl halides is 3. The van der Waals surface area contributed by atoms with Crippen LogP contribution in [0.2, 0.25) is 0 Å². The number of rotatable bonds is 5. The standard InChI is InChI=1S/C19H18F3NO5S/c1-27-16-6-4-3-5-12(16)11-23-15(10-18(24)28-2)14-9-13(19(20,21)22)7-8-17(14)29(23,25)26/h3-9,15H,10-11H2,1-2H3/t15-/m0/s1. The first kappa shape index (κ1) is 21.1. The quantitative estimate of drug-likeness (QED) is 0.680. The third kappa shape index (κ3) is 3.95. The molecule has 0 saturated heterocycles. The Labute approximate surface area is 165 Å². The zero-order valence-electron chi connectivity index (χ0n) is 15.6. The molecule has 3 rings (SSSR count). The van der Waals surface area contributed by atoms with Gasteiger partial charge in [-0.05, 0) is 29.8 Å². The number of esters is 1. The molecule has 2 aromatic rings. The minimum atomic E-state index is -4.65. The van der Waals surface area contributed by atoms with Crippen molar-refractivity contribution in [2.45, 2.75) is 30.1 Å². The first-order chi connectivity index (χ1) is 13.6. The van der Waals surface area contributed by atoms with Crippen LogP contribution < -0.4 is 4.74 Å². The Bertz CT molecular complexity index is 1040. The van der Waals surface area contributed by atoms with Crippen molar-refractivity contribution in [3.05, 3.63) is 59.2 Å². The molecule has 1 atom stereocenters. The lowest BCUT2D eigenvalue weighted by Gasteiger charge is -2.23. The molecule has 0 radical (unpaired) electrons. The van der Waals surface area contributed by atoms with E-state index in [4.69, 9.17) is 4.74 Å². The van der Waals surface area contributed by atoms with E-state index in [-0.39, 0.29) is 17.0 Å². The second kappa shape index (κ2) is 7.68. The molecule has 10 heteroatoms. The first-order valence-electron chi connectivity index (χ1n) is 8.51. The van der Waals surface area contributed by atoms with Crippen molar-refractivity contribution >= 4 is 16.0 Å². The predicted octanol–water partition coefficient (Wildman–Crippen LogP) is 3.52. The number of nitrogens with zero attached hydrogens (tertiary/aromatic N) is 1. The van der Waals surface area contributed by atoms with Crippen LogP contribution in [0.1, 0.15) is 29.2 Å². The predicted molar refractivity (Wildman–Crippen MR) is 96.5 cm³/mol. The van der Waals surface area contributed by atoms with Gasteiger partial charge in [-0.3, -0.25) is 4.79 Å². The van der Waals surface area contributed by atoms with Crippen LogP contribution in [0.15, 0.2) is 47.4 Å². The van der Waals surface area contributed by atoms with Gasteiger partial charge in [0.1, 0.15) is 5.75 Å². The molecule has 0 bridgehead atoms. The number of hydrogen-bond acceptors (Lipinski definition) is 5. The van der Waals surface area contributed by atoms with E-state index in [9.17, 15) is 26.4 Å². The molecule has 1 aliphatic rings. The molecule has 0 saturated carbocycles. The molecular weight excluding hydrogens is 411 g/mol. The Morgan fingerprint density at radius 2 is 1.83 bits per heavy atom. The average Bonchev–Trinajstić information content (AvgIpc) is 2.88. The fourth-order valence-corrected chi connectivity index (χ4v) is 5.14. The third-order valence-corrected chi connectivity index (χ3v) is 6.67. The number of ether oxygens (including phenoxy) is 2. The summed E-state index contributed by atoms with van der Waals surface area (Å²) in [4.78, 5) is 11.6. The average molecular weight is 429 g/mol. The van der Waals surface area contributed by atoms with E-state index in [1.807, 2.05) is 0 Å². The topological polar surface area (TPSA) is 72.9 Å². The molecule has 0 fully saturated rings. The largest absolute Gasteiger partial charge is 0.496 e. The Hall–Kier alpha value is -2.59. The van der Waals surface area contributed by atoms with E-state index in [0.29, 0.717) is 11.3 Å². The number of halogens is 3. The van der Waals surface area contributed by atoms with E-state index in [0.717, 1.165) is 29.6 Å². The van der Waals surface area contributed by atoms with Crippen molar-refractivity contribution in [2.75, 3.05) is 14.2 Å². The zero-order chi connectivity index (χ0) is 21.4. The molecular formula is C19H18F3NO5S. The molecule has 2 aromatic carbocycles. The lowest BCUT2D eigenvalue weighted by Crippen LogP contribution is -2.29. The van der Waals surface area contributed by atoms with E-state index in [1.54, 1.807) is 24.3 Å². The summed E-state index contributed by atoms with van der Waals surface area (Å²) < 4.78 is 76.6. The van der Waals surface area contributed by atoms with Crippen LogP contribution in [0.25, 0.3) is 0 Å². The summed E-state index contributed by atoms with van der Waals surface area (Å²) >= 11 is 0. The van der Waals surface area contributed by atoms with E-state index < -0.39 is 40.2 Å². The maximum Gasteiger partial charge on any atom is 0.416 e. The molecule has 6 nitrogen and oxygen atoms in total. The number of hydrogen-bond donors (Lipinski definition) is 0. The van der Waals surface area contributed by atoms with Crippen LogP contribution in [0, 0.1) is 0 Å². The summed E-state index contributed by atoms with van der Waals surface area (Å²) in [5.74, 6) is -0.313. The highest BCUT2D eigenvalue weighted by Gasteiger charge is 2.45. The molecule has 1 heterocycles. The lowest BCUT2D eigenvalue weighted by molar-refractivity contribution is -0.141. The molecule has 29 heavy (non-hydrogen) atoms. The summed E-state index contributed by atoms with van der Waals surface area (Å²) in [5.41, 5.74) is -0.558. The minimum Gasteiger partial charge on any atom is -0.496 e. The first-order valence-corrected chi connectivity index (χ1v) is 9.95. The monoisotopic (exact) mass is 429 g/mol. The van der Waals surface area contributed by atoms with Crippen molar-refractivity contribution in [1.82, 2.24) is 4.31 Å². The van der Waals surface area contributed by atoms with Gasteiger partial charge in [-0.1, -0.05) is 18.2 Å². The summed E-state index contributed by atoms with van der Waals surface area (Å²) in [6.07, 6.45) is -5.07. The van der Waals surface area contributed by atoms with Crippen LogP contribution in [-0.2, 0) is 32.3 Å². The van der Waals surface area contributed by atoms with Gasteiger partial charge in [0.05, 0.1) is 37.1 Å². The van der Waals surface area contributed by atoms with Gasteiger partial charge in [0, 0.05) is 12.1 Å². The number of sulfonamides is 1. The molecule has 0 unspecified atom stereocenters. The summed E-state index contributed by atoms with van der Waals surface area (Å²) in [6.45, 7) is -0.177. The van der Waals surface area contributed by atoms with Gasteiger partial charge in [-0.25, -0.2) is 8.42 Å². The van der Waals surface area contributed by atoms with Gasteiger partial charge in [0.2, 0.25) is 10.0 Å². The van der Waals surface area contributed by atoms with Crippen LogP contribution in [0.5, 0.6) is 5.75 Å².